The van der Waals surface area contributed by atoms with Gasteiger partial charge in [0.15, 0.2) is 0 Å². The molecule has 1 unspecified atom stereocenters. The molecule has 1 heterocycles. The Labute approximate surface area is 115 Å². The van der Waals surface area contributed by atoms with E-state index in [0.717, 1.165) is 31.6 Å². The van der Waals surface area contributed by atoms with Crippen LogP contribution in [0, 0.1) is 6.92 Å². The maximum Gasteiger partial charge on any atom is 0.105 e. The summed E-state index contributed by atoms with van der Waals surface area (Å²) < 4.78 is 5.44. The molecule has 102 valence electrons. The molecule has 1 N–H and O–H groups in total. The Balaban J connectivity index is 1.87. The van der Waals surface area contributed by atoms with Gasteiger partial charge >= 0.3 is 0 Å². The maximum absolute atomic E-state index is 5.44. The first kappa shape index (κ1) is 13.9. The van der Waals surface area contributed by atoms with E-state index in [0.29, 0.717) is 6.04 Å². The van der Waals surface area contributed by atoms with Crippen LogP contribution < -0.4 is 5.32 Å². The third-order valence-corrected chi connectivity index (χ3v) is 3.42. The lowest BCUT2D eigenvalue weighted by Crippen LogP contribution is -2.31. The highest BCUT2D eigenvalue weighted by Gasteiger charge is 2.10. The van der Waals surface area contributed by atoms with Crippen molar-refractivity contribution < 1.29 is 4.42 Å². The topological polar surface area (TPSA) is 25.2 Å². The monoisotopic (exact) mass is 257 g/mol. The van der Waals surface area contributed by atoms with Gasteiger partial charge in [-0.3, -0.25) is 0 Å². The van der Waals surface area contributed by atoms with Crippen molar-refractivity contribution in [2.24, 2.45) is 0 Å². The second kappa shape index (κ2) is 7.15. The van der Waals surface area contributed by atoms with Crippen LogP contribution in [0.5, 0.6) is 0 Å². The van der Waals surface area contributed by atoms with Gasteiger partial charge in [-0.2, -0.15) is 0 Å². The molecule has 1 aromatic carbocycles. The molecule has 0 spiro atoms. The Morgan fingerprint density at radius 2 is 1.95 bits per heavy atom. The Morgan fingerprint density at radius 3 is 2.58 bits per heavy atom. The van der Waals surface area contributed by atoms with Crippen LogP contribution in [0.25, 0.3) is 0 Å². The van der Waals surface area contributed by atoms with E-state index in [1.54, 1.807) is 6.26 Å². The first-order valence-electron chi connectivity index (χ1n) is 7.09. The third kappa shape index (κ3) is 4.56. The first-order valence-corrected chi connectivity index (χ1v) is 7.09. The Morgan fingerprint density at radius 1 is 1.16 bits per heavy atom. The SMILES string of the molecule is CCNC(CCc1ccc(C)cc1)Cc1ccco1. The van der Waals surface area contributed by atoms with Crippen molar-refractivity contribution in [1.29, 1.82) is 0 Å². The van der Waals surface area contributed by atoms with Crippen molar-refractivity contribution >= 4 is 0 Å². The zero-order valence-corrected chi connectivity index (χ0v) is 11.9. The molecule has 0 aliphatic rings. The van der Waals surface area contributed by atoms with Gasteiger partial charge in [0, 0.05) is 12.5 Å². The molecule has 0 saturated heterocycles. The number of likely N-dealkylation sites (N-methyl/N-ethyl adjacent to an activating group) is 1. The molecule has 0 fully saturated rings. The van der Waals surface area contributed by atoms with Gasteiger partial charge < -0.3 is 9.73 Å². The van der Waals surface area contributed by atoms with E-state index in [9.17, 15) is 0 Å². The summed E-state index contributed by atoms with van der Waals surface area (Å²) >= 11 is 0. The Kier molecular flexibility index (Phi) is 5.22. The fourth-order valence-corrected chi connectivity index (χ4v) is 2.33. The molecule has 0 amide bonds. The summed E-state index contributed by atoms with van der Waals surface area (Å²) in [6.07, 6.45) is 4.96. The second-order valence-corrected chi connectivity index (χ2v) is 5.06. The van der Waals surface area contributed by atoms with Crippen LogP contribution in [0.3, 0.4) is 0 Å². The fourth-order valence-electron chi connectivity index (χ4n) is 2.33. The summed E-state index contributed by atoms with van der Waals surface area (Å²) in [5.41, 5.74) is 2.73. The molecule has 19 heavy (non-hydrogen) atoms. The van der Waals surface area contributed by atoms with Gasteiger partial charge in [-0.05, 0) is 44.0 Å². The summed E-state index contributed by atoms with van der Waals surface area (Å²) in [6.45, 7) is 5.28. The van der Waals surface area contributed by atoms with Crippen molar-refractivity contribution in [3.63, 3.8) is 0 Å². The van der Waals surface area contributed by atoms with Gasteiger partial charge in [0.05, 0.1) is 6.26 Å². The van der Waals surface area contributed by atoms with Crippen molar-refractivity contribution in [1.82, 2.24) is 5.32 Å². The lowest BCUT2D eigenvalue weighted by atomic mass is 10.0. The molecule has 0 aliphatic carbocycles. The Bertz CT molecular complexity index is 459. The molecular formula is C17H23NO. The highest BCUT2D eigenvalue weighted by molar-refractivity contribution is 5.21. The molecule has 2 nitrogen and oxygen atoms in total. The molecule has 1 aromatic heterocycles. The zero-order valence-electron chi connectivity index (χ0n) is 11.9. The molecule has 0 bridgehead atoms. The summed E-state index contributed by atoms with van der Waals surface area (Å²) in [7, 11) is 0. The van der Waals surface area contributed by atoms with Gasteiger partial charge in [0.25, 0.3) is 0 Å². The van der Waals surface area contributed by atoms with Crippen molar-refractivity contribution in [2.45, 2.75) is 39.2 Å². The molecule has 1 atom stereocenters. The van der Waals surface area contributed by atoms with E-state index in [4.69, 9.17) is 4.42 Å². The number of nitrogens with one attached hydrogen (secondary N) is 1. The highest BCUT2D eigenvalue weighted by Crippen LogP contribution is 2.11. The van der Waals surface area contributed by atoms with Crippen LogP contribution in [0.1, 0.15) is 30.2 Å². The second-order valence-electron chi connectivity index (χ2n) is 5.06. The number of hydrogen-bond acceptors (Lipinski definition) is 2. The minimum Gasteiger partial charge on any atom is -0.469 e. The van der Waals surface area contributed by atoms with Crippen LogP contribution >= 0.6 is 0 Å². The van der Waals surface area contributed by atoms with E-state index >= 15 is 0 Å². The summed E-state index contributed by atoms with van der Waals surface area (Å²) in [5, 5.41) is 3.54. The predicted octanol–water partition coefficient (Wildman–Crippen LogP) is 3.74. The quantitative estimate of drug-likeness (QED) is 0.817. The van der Waals surface area contributed by atoms with Gasteiger partial charge in [0.2, 0.25) is 0 Å². The number of benzene rings is 1. The predicted molar refractivity (Wildman–Crippen MR) is 79.4 cm³/mol. The van der Waals surface area contributed by atoms with Crippen LogP contribution in [0.15, 0.2) is 47.1 Å². The fraction of sp³-hybridized carbons (Fsp3) is 0.412. The molecule has 0 aliphatic heterocycles. The average Bonchev–Trinajstić information content (AvgIpc) is 2.91. The van der Waals surface area contributed by atoms with Gasteiger partial charge in [0.1, 0.15) is 5.76 Å². The van der Waals surface area contributed by atoms with Crippen LogP contribution in [-0.2, 0) is 12.8 Å². The third-order valence-electron chi connectivity index (χ3n) is 3.42. The normalized spacial score (nSPS) is 12.5. The van der Waals surface area contributed by atoms with Gasteiger partial charge in [-0.1, -0.05) is 36.8 Å². The molecule has 2 aromatic rings. The Hall–Kier alpha value is -1.54. The average molecular weight is 257 g/mol. The summed E-state index contributed by atoms with van der Waals surface area (Å²) in [6, 6.07) is 13.3. The van der Waals surface area contributed by atoms with E-state index in [1.165, 1.54) is 11.1 Å². The molecule has 2 rings (SSSR count). The largest absolute Gasteiger partial charge is 0.469 e. The summed E-state index contributed by atoms with van der Waals surface area (Å²) in [4.78, 5) is 0. The first-order chi connectivity index (χ1) is 9.28. The van der Waals surface area contributed by atoms with Crippen LogP contribution in [0.2, 0.25) is 0 Å². The van der Waals surface area contributed by atoms with Crippen LogP contribution in [0.4, 0.5) is 0 Å². The minimum absolute atomic E-state index is 0.484. The van der Waals surface area contributed by atoms with Gasteiger partial charge in [-0.25, -0.2) is 0 Å². The van der Waals surface area contributed by atoms with Crippen LogP contribution in [-0.4, -0.2) is 12.6 Å². The lowest BCUT2D eigenvalue weighted by Gasteiger charge is -2.16. The van der Waals surface area contributed by atoms with E-state index < -0.39 is 0 Å². The lowest BCUT2D eigenvalue weighted by molar-refractivity contribution is 0.430. The number of furan rings is 1. The minimum atomic E-state index is 0.484. The summed E-state index contributed by atoms with van der Waals surface area (Å²) in [5.74, 6) is 1.06. The van der Waals surface area contributed by atoms with E-state index in [1.807, 2.05) is 6.07 Å². The molecule has 0 radical (unpaired) electrons. The zero-order chi connectivity index (χ0) is 13.5. The smallest absolute Gasteiger partial charge is 0.105 e. The highest BCUT2D eigenvalue weighted by atomic mass is 16.3. The van der Waals surface area contributed by atoms with E-state index in [2.05, 4.69) is 49.5 Å². The molecular weight excluding hydrogens is 234 g/mol. The number of aryl methyl sites for hydroxylation is 2. The molecule has 0 saturated carbocycles. The number of hydrogen-bond donors (Lipinski definition) is 1. The van der Waals surface area contributed by atoms with E-state index in [-0.39, 0.29) is 0 Å². The van der Waals surface area contributed by atoms with Crippen molar-refractivity contribution in [2.75, 3.05) is 6.54 Å². The van der Waals surface area contributed by atoms with Gasteiger partial charge in [-0.15, -0.1) is 0 Å². The maximum atomic E-state index is 5.44. The number of rotatable bonds is 7. The molecule has 2 heteroatoms. The van der Waals surface area contributed by atoms with Crippen molar-refractivity contribution in [3.05, 3.63) is 59.5 Å². The van der Waals surface area contributed by atoms with Crippen molar-refractivity contribution in [3.8, 4) is 0 Å². The standard InChI is InChI=1S/C17H23NO/c1-3-18-16(13-17-5-4-12-19-17)11-10-15-8-6-14(2)7-9-15/h4-9,12,16,18H,3,10-11,13H2,1-2H3.